The topological polar surface area (TPSA) is 125 Å². The molecule has 5 heterocycles. The number of anilines is 1. The fraction of sp³-hybridized carbons (Fsp3) is 0.439. The highest BCUT2D eigenvalue weighted by molar-refractivity contribution is 6.39. The number of halogens is 4. The van der Waals surface area contributed by atoms with E-state index >= 15 is 0 Å². The van der Waals surface area contributed by atoms with Crippen LogP contribution in [0.5, 0.6) is 5.75 Å². The van der Waals surface area contributed by atoms with Crippen molar-refractivity contribution >= 4 is 46.6 Å². The zero-order valence-corrected chi connectivity index (χ0v) is 33.7. The number of nitrogens with zero attached hydrogens (tertiary/aromatic N) is 6. The number of benzene rings is 2. The van der Waals surface area contributed by atoms with Gasteiger partial charge in [-0.15, -0.1) is 0 Å². The molecule has 3 aliphatic heterocycles. The van der Waals surface area contributed by atoms with E-state index in [0.717, 1.165) is 63.1 Å². The van der Waals surface area contributed by atoms with Crippen molar-refractivity contribution in [3.8, 4) is 28.1 Å². The number of alkyl halides is 2. The van der Waals surface area contributed by atoms with Crippen LogP contribution in [-0.2, 0) is 36.1 Å². The van der Waals surface area contributed by atoms with Crippen molar-refractivity contribution in [2.24, 2.45) is 7.05 Å². The Morgan fingerprint density at radius 2 is 1.60 bits per heavy atom. The molecule has 2 aromatic heterocycles. The van der Waals surface area contributed by atoms with Crippen molar-refractivity contribution in [3.05, 3.63) is 81.5 Å². The van der Waals surface area contributed by atoms with Gasteiger partial charge in [-0.3, -0.25) is 24.3 Å². The van der Waals surface area contributed by atoms with Crippen molar-refractivity contribution < 1.29 is 27.9 Å². The Hall–Kier alpha value is -4.63. The van der Waals surface area contributed by atoms with Gasteiger partial charge < -0.3 is 29.7 Å². The number of piperidine rings is 2. The lowest BCUT2D eigenvalue weighted by Crippen LogP contribution is -2.47. The Labute approximate surface area is 340 Å². The molecule has 0 bridgehead atoms. The maximum Gasteiger partial charge on any atom is 0.387 e. The van der Waals surface area contributed by atoms with E-state index in [4.69, 9.17) is 32.9 Å². The molecule has 0 spiro atoms. The standard InChI is InChI=1S/C41H46Cl2F2N8O4/c1-24(54)51-16-10-28(11-17-51)47-22-27-8-7-26(21-35(27)57-41(44)45)38-37(43)31(9-15-46-38)30-5-4-6-32(36(30)42)49-40(56)39-48-33-23-53(20-14-34(33)50(39)3)29-12-18-52(19-13-29)25(2)55/h4-9,15,21,28-29,41,47H,10-14,16-20,22-23H2,1-3H3,(H,49,56). The molecular weight excluding hydrogens is 777 g/mol. The highest BCUT2D eigenvalue weighted by Gasteiger charge is 2.32. The van der Waals surface area contributed by atoms with E-state index in [1.165, 1.54) is 6.07 Å². The van der Waals surface area contributed by atoms with Crippen molar-refractivity contribution in [2.75, 3.05) is 38.0 Å². The first-order valence-electron chi connectivity index (χ1n) is 19.2. The molecule has 57 heavy (non-hydrogen) atoms. The van der Waals surface area contributed by atoms with Crippen LogP contribution < -0.4 is 15.4 Å². The smallest absolute Gasteiger partial charge is 0.387 e. The number of aromatic nitrogens is 3. The van der Waals surface area contributed by atoms with Crippen LogP contribution in [0.4, 0.5) is 14.5 Å². The molecule has 2 saturated heterocycles. The second kappa shape index (κ2) is 17.5. The first-order valence-corrected chi connectivity index (χ1v) is 20.0. The van der Waals surface area contributed by atoms with E-state index in [0.29, 0.717) is 65.9 Å². The molecule has 16 heteroatoms. The first kappa shape index (κ1) is 40.6. The summed E-state index contributed by atoms with van der Waals surface area (Å²) in [4.78, 5) is 52.6. The van der Waals surface area contributed by atoms with Crippen LogP contribution in [0.15, 0.2) is 48.7 Å². The Morgan fingerprint density at radius 1 is 0.912 bits per heavy atom. The average molecular weight is 824 g/mol. The second-order valence-corrected chi connectivity index (χ2v) is 15.6. The quantitative estimate of drug-likeness (QED) is 0.180. The number of ether oxygens (including phenoxy) is 1. The SMILES string of the molecule is CC(=O)N1CCC(NCc2ccc(-c3nccc(-c4cccc(NC(=O)c5nc6c(n5C)CCN(C5CCN(C(C)=O)CC5)C6)c4Cl)c3Cl)cc2OC(F)F)CC1. The fourth-order valence-electron chi connectivity index (χ4n) is 8.18. The normalized spacial score (nSPS) is 16.8. The molecule has 302 valence electrons. The van der Waals surface area contributed by atoms with Crippen LogP contribution in [0.3, 0.4) is 0 Å². The summed E-state index contributed by atoms with van der Waals surface area (Å²) in [7, 11) is 1.85. The van der Waals surface area contributed by atoms with Gasteiger partial charge >= 0.3 is 6.61 Å². The second-order valence-electron chi connectivity index (χ2n) is 14.9. The minimum Gasteiger partial charge on any atom is -0.434 e. The van der Waals surface area contributed by atoms with E-state index in [1.807, 2.05) is 16.5 Å². The molecule has 0 unspecified atom stereocenters. The number of nitrogens with one attached hydrogen (secondary N) is 2. The number of imidazole rings is 1. The first-order chi connectivity index (χ1) is 27.4. The monoisotopic (exact) mass is 822 g/mol. The number of carbonyl (C=O) groups excluding carboxylic acids is 3. The van der Waals surface area contributed by atoms with E-state index in [9.17, 15) is 23.2 Å². The van der Waals surface area contributed by atoms with Crippen LogP contribution >= 0.6 is 23.2 Å². The van der Waals surface area contributed by atoms with Crippen LogP contribution in [0.25, 0.3) is 22.4 Å². The number of fused-ring (bicyclic) bond motifs is 1. The summed E-state index contributed by atoms with van der Waals surface area (Å²) >= 11 is 14.0. The zero-order valence-electron chi connectivity index (χ0n) is 32.2. The molecule has 4 aromatic rings. The molecule has 12 nitrogen and oxygen atoms in total. The van der Waals surface area contributed by atoms with Gasteiger partial charge in [-0.25, -0.2) is 4.98 Å². The number of amides is 3. The number of pyridine rings is 1. The van der Waals surface area contributed by atoms with Crippen molar-refractivity contribution in [2.45, 2.75) is 77.7 Å². The molecule has 0 saturated carbocycles. The van der Waals surface area contributed by atoms with Gasteiger partial charge in [-0.2, -0.15) is 8.78 Å². The molecule has 3 aliphatic rings. The van der Waals surface area contributed by atoms with Gasteiger partial charge in [0.25, 0.3) is 5.91 Å². The summed E-state index contributed by atoms with van der Waals surface area (Å²) in [6, 6.07) is 12.4. The highest BCUT2D eigenvalue weighted by atomic mass is 35.5. The van der Waals surface area contributed by atoms with Crippen molar-refractivity contribution in [1.29, 1.82) is 0 Å². The van der Waals surface area contributed by atoms with Crippen molar-refractivity contribution in [1.82, 2.24) is 34.6 Å². The summed E-state index contributed by atoms with van der Waals surface area (Å²) < 4.78 is 34.0. The molecule has 7 rings (SSSR count). The van der Waals surface area contributed by atoms with Crippen LogP contribution in [0, 0.1) is 0 Å². The van der Waals surface area contributed by atoms with E-state index in [2.05, 4.69) is 20.5 Å². The summed E-state index contributed by atoms with van der Waals surface area (Å²) in [5, 5.41) is 6.85. The van der Waals surface area contributed by atoms with E-state index in [1.54, 1.807) is 61.3 Å². The lowest BCUT2D eigenvalue weighted by molar-refractivity contribution is -0.131. The number of hydrogen-bond donors (Lipinski definition) is 2. The van der Waals surface area contributed by atoms with Crippen LogP contribution in [-0.4, -0.2) is 98.4 Å². The minimum absolute atomic E-state index is 0.000785. The third-order valence-electron chi connectivity index (χ3n) is 11.4. The lowest BCUT2D eigenvalue weighted by atomic mass is 10.00. The summed E-state index contributed by atoms with van der Waals surface area (Å²) in [6.45, 7) is 4.69. The van der Waals surface area contributed by atoms with Crippen LogP contribution in [0.2, 0.25) is 10.0 Å². The van der Waals surface area contributed by atoms with Gasteiger partial charge in [0.15, 0.2) is 5.82 Å². The molecule has 0 atom stereocenters. The molecular formula is C41H46Cl2F2N8O4. The molecule has 2 aromatic carbocycles. The summed E-state index contributed by atoms with van der Waals surface area (Å²) in [5.41, 5.74) is 4.68. The Balaban J connectivity index is 1.06. The van der Waals surface area contributed by atoms with Gasteiger partial charge in [0, 0.05) is 119 Å². The maximum atomic E-state index is 13.7. The summed E-state index contributed by atoms with van der Waals surface area (Å²) in [5.74, 6) is 0.0234. The van der Waals surface area contributed by atoms with Gasteiger partial charge in [0.1, 0.15) is 5.75 Å². The van der Waals surface area contributed by atoms with Gasteiger partial charge in [-0.1, -0.05) is 47.5 Å². The average Bonchev–Trinajstić information content (AvgIpc) is 3.53. The van der Waals surface area contributed by atoms with Gasteiger partial charge in [-0.05, 0) is 43.9 Å². The number of rotatable bonds is 10. The number of hydrogen-bond acceptors (Lipinski definition) is 8. The fourth-order valence-corrected chi connectivity index (χ4v) is 8.78. The maximum absolute atomic E-state index is 13.7. The molecule has 2 fully saturated rings. The largest absolute Gasteiger partial charge is 0.434 e. The number of carbonyl (C=O) groups is 3. The van der Waals surface area contributed by atoms with Crippen molar-refractivity contribution in [3.63, 3.8) is 0 Å². The third kappa shape index (κ3) is 8.94. The van der Waals surface area contributed by atoms with Gasteiger partial charge in [0.05, 0.1) is 27.1 Å². The van der Waals surface area contributed by atoms with E-state index < -0.39 is 12.5 Å². The molecule has 0 radical (unpaired) electrons. The summed E-state index contributed by atoms with van der Waals surface area (Å²) in [6.07, 6.45) is 5.67. The zero-order chi connectivity index (χ0) is 40.4. The van der Waals surface area contributed by atoms with Crippen LogP contribution in [0.1, 0.15) is 67.1 Å². The molecule has 2 N–H and O–H groups in total. The third-order valence-corrected chi connectivity index (χ3v) is 12.2. The Bertz CT molecular complexity index is 2150. The highest BCUT2D eigenvalue weighted by Crippen LogP contribution is 2.41. The predicted octanol–water partition coefficient (Wildman–Crippen LogP) is 6.78. The lowest BCUT2D eigenvalue weighted by Gasteiger charge is -2.39. The molecule has 3 amide bonds. The number of likely N-dealkylation sites (tertiary alicyclic amines) is 2. The Kier molecular flexibility index (Phi) is 12.4. The Morgan fingerprint density at radius 3 is 2.28 bits per heavy atom. The van der Waals surface area contributed by atoms with E-state index in [-0.39, 0.29) is 39.5 Å². The van der Waals surface area contributed by atoms with Gasteiger partial charge in [0.2, 0.25) is 11.8 Å². The minimum atomic E-state index is -3.04. The predicted molar refractivity (Wildman–Crippen MR) is 214 cm³/mol. The molecule has 0 aliphatic carbocycles.